The number of aromatic nitrogens is 6. The molecule has 192 valence electrons. The molecule has 2 N–H and O–H groups in total. The van der Waals surface area contributed by atoms with Crippen molar-refractivity contribution in [2.24, 2.45) is 0 Å². The van der Waals surface area contributed by atoms with Crippen molar-refractivity contribution in [2.45, 2.75) is 18.9 Å². The SMILES string of the molecule is COC1CCN(c2nc3nc(N4CCOCC4)oc3cc2C(=O)Nc2cccc(-c3nn[nH]n3)c2)CC1. The number of carbonyl (C=O) groups is 1. The number of anilines is 3. The number of oxazole rings is 1. The van der Waals surface area contributed by atoms with Crippen molar-refractivity contribution in [1.82, 2.24) is 30.6 Å². The second-order valence-electron chi connectivity index (χ2n) is 8.97. The number of hydrogen-bond acceptors (Lipinski definition) is 11. The van der Waals surface area contributed by atoms with Gasteiger partial charge in [0.2, 0.25) is 11.5 Å². The summed E-state index contributed by atoms with van der Waals surface area (Å²) < 4.78 is 17.0. The van der Waals surface area contributed by atoms with E-state index in [0.717, 1.165) is 31.5 Å². The molecule has 13 nitrogen and oxygen atoms in total. The molecule has 0 atom stereocenters. The Labute approximate surface area is 212 Å². The van der Waals surface area contributed by atoms with Gasteiger partial charge in [-0.1, -0.05) is 12.1 Å². The normalized spacial score (nSPS) is 16.9. The van der Waals surface area contributed by atoms with Crippen molar-refractivity contribution >= 4 is 34.7 Å². The van der Waals surface area contributed by atoms with Gasteiger partial charge in [0.05, 0.1) is 24.9 Å². The summed E-state index contributed by atoms with van der Waals surface area (Å²) in [5.74, 6) is 0.724. The number of rotatable bonds is 6. The van der Waals surface area contributed by atoms with Crippen molar-refractivity contribution in [1.29, 1.82) is 0 Å². The molecule has 0 bridgehead atoms. The number of amides is 1. The first kappa shape index (κ1) is 23.3. The lowest BCUT2D eigenvalue weighted by atomic mass is 10.1. The van der Waals surface area contributed by atoms with Gasteiger partial charge in [-0.05, 0) is 30.2 Å². The van der Waals surface area contributed by atoms with Gasteiger partial charge in [0, 0.05) is 50.6 Å². The third-order valence-corrected chi connectivity index (χ3v) is 6.68. The lowest BCUT2D eigenvalue weighted by Gasteiger charge is -2.32. The third-order valence-electron chi connectivity index (χ3n) is 6.68. The summed E-state index contributed by atoms with van der Waals surface area (Å²) in [7, 11) is 1.73. The number of nitrogens with zero attached hydrogens (tertiary/aromatic N) is 7. The second kappa shape index (κ2) is 10.1. The van der Waals surface area contributed by atoms with Crippen LogP contribution in [0.4, 0.5) is 17.5 Å². The van der Waals surface area contributed by atoms with E-state index in [-0.39, 0.29) is 12.0 Å². The first-order valence-electron chi connectivity index (χ1n) is 12.2. The fourth-order valence-electron chi connectivity index (χ4n) is 4.66. The quantitative estimate of drug-likeness (QED) is 0.397. The fraction of sp³-hybridized carbons (Fsp3) is 0.417. The largest absolute Gasteiger partial charge is 0.422 e. The maximum absolute atomic E-state index is 13.6. The van der Waals surface area contributed by atoms with Crippen LogP contribution in [0.15, 0.2) is 34.7 Å². The van der Waals surface area contributed by atoms with E-state index in [4.69, 9.17) is 18.9 Å². The Hall–Kier alpha value is -4.10. The summed E-state index contributed by atoms with van der Waals surface area (Å²) >= 11 is 0. The number of aromatic amines is 1. The van der Waals surface area contributed by atoms with E-state index in [9.17, 15) is 4.79 Å². The molecule has 4 aromatic rings. The van der Waals surface area contributed by atoms with E-state index in [1.165, 1.54) is 0 Å². The van der Waals surface area contributed by atoms with Crippen molar-refractivity contribution in [3.63, 3.8) is 0 Å². The topological polar surface area (TPSA) is 147 Å². The summed E-state index contributed by atoms with van der Waals surface area (Å²) in [5, 5.41) is 17.1. The van der Waals surface area contributed by atoms with Crippen LogP contribution < -0.4 is 15.1 Å². The van der Waals surface area contributed by atoms with Crippen LogP contribution in [0.1, 0.15) is 23.2 Å². The number of benzene rings is 1. The van der Waals surface area contributed by atoms with Gasteiger partial charge < -0.3 is 29.0 Å². The van der Waals surface area contributed by atoms with Crippen LogP contribution in [0.5, 0.6) is 0 Å². The number of H-pyrrole nitrogens is 1. The van der Waals surface area contributed by atoms with Gasteiger partial charge in [0.1, 0.15) is 5.82 Å². The molecule has 0 unspecified atom stereocenters. The molecule has 0 aliphatic carbocycles. The maximum Gasteiger partial charge on any atom is 0.300 e. The minimum Gasteiger partial charge on any atom is -0.422 e. The minimum atomic E-state index is -0.298. The lowest BCUT2D eigenvalue weighted by molar-refractivity contribution is 0.0817. The molecule has 0 spiro atoms. The van der Waals surface area contributed by atoms with Crippen molar-refractivity contribution in [2.75, 3.05) is 61.6 Å². The third kappa shape index (κ3) is 4.82. The first-order chi connectivity index (χ1) is 18.2. The summed E-state index contributed by atoms with van der Waals surface area (Å²) in [6.45, 7) is 4.05. The van der Waals surface area contributed by atoms with Crippen LogP contribution in [-0.4, -0.2) is 89.1 Å². The summed E-state index contributed by atoms with van der Waals surface area (Å²) in [6.07, 6.45) is 1.90. The van der Waals surface area contributed by atoms with Gasteiger partial charge in [-0.25, -0.2) is 4.98 Å². The Bertz CT molecular complexity index is 1380. The molecular formula is C24H27N9O4. The molecule has 0 radical (unpaired) electrons. The number of tetrazole rings is 1. The number of ether oxygens (including phenoxy) is 2. The molecule has 0 saturated carbocycles. The number of fused-ring (bicyclic) bond motifs is 1. The fourth-order valence-corrected chi connectivity index (χ4v) is 4.66. The smallest absolute Gasteiger partial charge is 0.300 e. The van der Waals surface area contributed by atoms with Crippen LogP contribution in [0, 0.1) is 0 Å². The number of nitrogens with one attached hydrogen (secondary N) is 2. The van der Waals surface area contributed by atoms with E-state index in [1.54, 1.807) is 19.2 Å². The van der Waals surface area contributed by atoms with E-state index < -0.39 is 0 Å². The molecule has 2 fully saturated rings. The summed E-state index contributed by atoms with van der Waals surface area (Å²) in [5.41, 5.74) is 2.68. The molecule has 37 heavy (non-hydrogen) atoms. The van der Waals surface area contributed by atoms with Gasteiger partial charge >= 0.3 is 0 Å². The highest BCUT2D eigenvalue weighted by atomic mass is 16.5. The zero-order valence-electron chi connectivity index (χ0n) is 20.4. The van der Waals surface area contributed by atoms with Crippen LogP contribution in [0.3, 0.4) is 0 Å². The molecule has 5 heterocycles. The van der Waals surface area contributed by atoms with Crippen molar-refractivity contribution in [3.8, 4) is 11.4 Å². The Kier molecular flexibility index (Phi) is 6.37. The Balaban J connectivity index is 1.33. The minimum absolute atomic E-state index is 0.199. The summed E-state index contributed by atoms with van der Waals surface area (Å²) in [6, 6.07) is 9.49. The van der Waals surface area contributed by atoms with Crippen LogP contribution >= 0.6 is 0 Å². The molecule has 1 amide bonds. The highest BCUT2D eigenvalue weighted by molar-refractivity contribution is 6.09. The van der Waals surface area contributed by atoms with E-state index >= 15 is 0 Å². The number of piperidine rings is 1. The van der Waals surface area contributed by atoms with Crippen LogP contribution in [0.2, 0.25) is 0 Å². The summed E-state index contributed by atoms with van der Waals surface area (Å²) in [4.78, 5) is 27.2. The van der Waals surface area contributed by atoms with Gasteiger partial charge in [0.15, 0.2) is 5.58 Å². The number of pyridine rings is 1. The highest BCUT2D eigenvalue weighted by Crippen LogP contribution is 2.30. The van der Waals surface area contributed by atoms with Crippen LogP contribution in [0.25, 0.3) is 22.6 Å². The van der Waals surface area contributed by atoms with Gasteiger partial charge in [-0.2, -0.15) is 10.2 Å². The standard InChI is InChI=1S/C24H27N9O4/c1-35-17-5-7-32(8-6-17)22-18(14-19-21(26-22)27-24(37-19)33-9-11-36-12-10-33)23(34)25-16-4-2-3-15(13-16)20-28-30-31-29-20/h2-4,13-14,17H,5-12H2,1H3,(H,25,34)(H,28,29,30,31). The number of methoxy groups -OCH3 is 1. The Morgan fingerprint density at radius 2 is 1.95 bits per heavy atom. The second-order valence-corrected chi connectivity index (χ2v) is 8.97. The van der Waals surface area contributed by atoms with Gasteiger partial charge in [-0.15, -0.1) is 10.2 Å². The average molecular weight is 506 g/mol. The Morgan fingerprint density at radius 3 is 2.70 bits per heavy atom. The Morgan fingerprint density at radius 1 is 1.11 bits per heavy atom. The van der Waals surface area contributed by atoms with E-state index in [2.05, 4.69) is 35.8 Å². The number of carbonyl (C=O) groups excluding carboxylic acids is 1. The predicted octanol–water partition coefficient (Wildman–Crippen LogP) is 2.11. The van der Waals surface area contributed by atoms with Gasteiger partial charge in [0.25, 0.3) is 11.9 Å². The number of hydrogen-bond donors (Lipinski definition) is 2. The first-order valence-corrected chi connectivity index (χ1v) is 12.2. The highest BCUT2D eigenvalue weighted by Gasteiger charge is 2.27. The monoisotopic (exact) mass is 505 g/mol. The number of morpholine rings is 1. The molecule has 2 aliphatic heterocycles. The molecule has 6 rings (SSSR count). The van der Waals surface area contributed by atoms with Gasteiger partial charge in [-0.3, -0.25) is 4.79 Å². The molecule has 3 aromatic heterocycles. The maximum atomic E-state index is 13.6. The predicted molar refractivity (Wildman–Crippen MR) is 135 cm³/mol. The zero-order chi connectivity index (χ0) is 25.2. The van der Waals surface area contributed by atoms with Crippen LogP contribution in [-0.2, 0) is 9.47 Å². The zero-order valence-corrected chi connectivity index (χ0v) is 20.4. The lowest BCUT2D eigenvalue weighted by Crippen LogP contribution is -2.38. The molecule has 13 heteroatoms. The van der Waals surface area contributed by atoms with Crippen molar-refractivity contribution in [3.05, 3.63) is 35.9 Å². The van der Waals surface area contributed by atoms with E-state index in [1.807, 2.05) is 23.1 Å². The molecule has 2 aliphatic rings. The molecular weight excluding hydrogens is 478 g/mol. The van der Waals surface area contributed by atoms with Crippen molar-refractivity contribution < 1.29 is 18.7 Å². The average Bonchev–Trinajstić information content (AvgIpc) is 3.63. The molecule has 2 saturated heterocycles. The molecule has 1 aromatic carbocycles. The van der Waals surface area contributed by atoms with E-state index in [0.29, 0.717) is 66.4 Å².